The molecular formula is C19H42N4S. The number of hydrogen-bond donors (Lipinski definition) is 1. The van der Waals surface area contributed by atoms with E-state index < -0.39 is 0 Å². The minimum absolute atomic E-state index is 0.118. The fraction of sp³-hybridized carbons (Fsp3) is 0.947. The summed E-state index contributed by atoms with van der Waals surface area (Å²) in [4.78, 5) is 12.3. The largest absolute Gasteiger partial charge is 0.303 e. The molecule has 0 saturated heterocycles. The van der Waals surface area contributed by atoms with Crippen molar-refractivity contribution >= 4 is 18.3 Å². The third kappa shape index (κ3) is 10.7. The first-order chi connectivity index (χ1) is 11.3. The molecule has 0 heterocycles. The summed E-state index contributed by atoms with van der Waals surface area (Å²) in [5, 5.41) is 0. The third-order valence-electron chi connectivity index (χ3n) is 4.90. The molecule has 0 amide bonds. The van der Waals surface area contributed by atoms with Crippen molar-refractivity contribution in [3.8, 4) is 0 Å². The van der Waals surface area contributed by atoms with Gasteiger partial charge in [0.1, 0.15) is 0 Å². The van der Waals surface area contributed by atoms with Crippen molar-refractivity contribution in [1.29, 1.82) is 0 Å². The van der Waals surface area contributed by atoms with Gasteiger partial charge < -0.3 is 9.80 Å². The second-order valence-corrected chi connectivity index (χ2v) is 8.04. The van der Waals surface area contributed by atoms with Crippen LogP contribution in [0.1, 0.15) is 48.5 Å². The molecule has 24 heavy (non-hydrogen) atoms. The van der Waals surface area contributed by atoms with E-state index in [1.807, 2.05) is 0 Å². The zero-order chi connectivity index (χ0) is 18.6. The number of rotatable bonds is 14. The second kappa shape index (κ2) is 13.2. The van der Waals surface area contributed by atoms with Crippen LogP contribution in [0, 0.1) is 0 Å². The second-order valence-electron chi connectivity index (χ2n) is 6.92. The first-order valence-corrected chi connectivity index (χ1v) is 10.1. The molecule has 0 saturated carbocycles. The van der Waals surface area contributed by atoms with Gasteiger partial charge in [0.2, 0.25) is 0 Å². The Labute approximate surface area is 157 Å². The van der Waals surface area contributed by atoms with E-state index in [0.717, 1.165) is 71.2 Å². The molecule has 5 heteroatoms. The number of hydrogen-bond acceptors (Lipinski definition) is 5. The van der Waals surface area contributed by atoms with Crippen LogP contribution in [0.2, 0.25) is 0 Å². The van der Waals surface area contributed by atoms with E-state index in [1.54, 1.807) is 0 Å². The lowest BCUT2D eigenvalue weighted by molar-refractivity contribution is 0.189. The van der Waals surface area contributed by atoms with Gasteiger partial charge in [0, 0.05) is 43.2 Å². The highest BCUT2D eigenvalue weighted by Gasteiger charge is 2.15. The first-order valence-electron chi connectivity index (χ1n) is 9.69. The molecule has 0 bridgehead atoms. The Morgan fingerprint density at radius 2 is 1.12 bits per heavy atom. The summed E-state index contributed by atoms with van der Waals surface area (Å²) < 4.78 is -0.118. The van der Waals surface area contributed by atoms with E-state index >= 15 is 0 Å². The average Bonchev–Trinajstić information content (AvgIpc) is 2.54. The monoisotopic (exact) mass is 358 g/mol. The fourth-order valence-corrected chi connectivity index (χ4v) is 2.60. The summed E-state index contributed by atoms with van der Waals surface area (Å²) in [7, 11) is 0. The van der Waals surface area contributed by atoms with Crippen molar-refractivity contribution in [2.75, 3.05) is 65.4 Å². The van der Waals surface area contributed by atoms with Gasteiger partial charge >= 0.3 is 0 Å². The highest BCUT2D eigenvalue weighted by molar-refractivity contribution is 7.82. The highest BCUT2D eigenvalue weighted by Crippen LogP contribution is 2.14. The Bertz CT molecular complexity index is 315. The van der Waals surface area contributed by atoms with Gasteiger partial charge in [-0.25, -0.2) is 0 Å². The van der Waals surface area contributed by atoms with Crippen LogP contribution >= 0.6 is 12.6 Å². The molecule has 0 aromatic carbocycles. The number of aliphatic imine (C=N–C) groups is 1. The molecule has 0 N–H and O–H groups in total. The Balaban J connectivity index is 4.55. The number of likely N-dealkylation sites (N-methyl/N-ethyl adjacent to an activating group) is 2. The van der Waals surface area contributed by atoms with Crippen molar-refractivity contribution in [3.05, 3.63) is 0 Å². The lowest BCUT2D eigenvalue weighted by atomic mass is 10.1. The minimum Gasteiger partial charge on any atom is -0.303 e. The molecule has 0 fully saturated rings. The maximum absolute atomic E-state index is 4.74. The molecule has 4 nitrogen and oxygen atoms in total. The Morgan fingerprint density at radius 1 is 0.750 bits per heavy atom. The lowest BCUT2D eigenvalue weighted by Crippen LogP contribution is -2.41. The van der Waals surface area contributed by atoms with Crippen LogP contribution in [0.4, 0.5) is 0 Å². The highest BCUT2D eigenvalue weighted by atomic mass is 32.1. The molecule has 0 radical (unpaired) electrons. The van der Waals surface area contributed by atoms with Gasteiger partial charge in [-0.2, -0.15) is 12.6 Å². The lowest BCUT2D eigenvalue weighted by Gasteiger charge is -2.28. The van der Waals surface area contributed by atoms with Gasteiger partial charge in [-0.3, -0.25) is 9.89 Å². The normalized spacial score (nSPS) is 13.5. The standard InChI is InChI=1S/C19H42N4S/c1-8-21(9-2)14-16-23(17-15-22(10-3)11-4)13-12-20-18(5)19(6,7)24/h24H,8-17H2,1-7H3. The van der Waals surface area contributed by atoms with Gasteiger partial charge in [0.05, 0.1) is 6.54 Å². The van der Waals surface area contributed by atoms with E-state index in [1.165, 1.54) is 0 Å². The van der Waals surface area contributed by atoms with Crippen molar-refractivity contribution in [1.82, 2.24) is 14.7 Å². The summed E-state index contributed by atoms with van der Waals surface area (Å²) >= 11 is 4.60. The van der Waals surface area contributed by atoms with Crippen LogP contribution in [0.25, 0.3) is 0 Å². The maximum atomic E-state index is 4.74. The van der Waals surface area contributed by atoms with Crippen molar-refractivity contribution in [3.63, 3.8) is 0 Å². The molecule has 0 atom stereocenters. The van der Waals surface area contributed by atoms with Crippen LogP contribution in [0.15, 0.2) is 4.99 Å². The predicted molar refractivity (Wildman–Crippen MR) is 113 cm³/mol. The van der Waals surface area contributed by atoms with Gasteiger partial charge in [0.25, 0.3) is 0 Å². The molecule has 0 aromatic rings. The minimum atomic E-state index is -0.118. The average molecular weight is 359 g/mol. The smallest absolute Gasteiger partial charge is 0.0516 e. The summed E-state index contributed by atoms with van der Waals surface area (Å²) in [6.45, 7) is 26.2. The molecule has 0 rings (SSSR count). The maximum Gasteiger partial charge on any atom is 0.0516 e. The van der Waals surface area contributed by atoms with E-state index in [0.29, 0.717) is 0 Å². The van der Waals surface area contributed by atoms with E-state index in [4.69, 9.17) is 4.99 Å². The molecule has 144 valence electrons. The topological polar surface area (TPSA) is 22.1 Å². The summed E-state index contributed by atoms with van der Waals surface area (Å²) in [5.41, 5.74) is 1.12. The number of thiol groups is 1. The van der Waals surface area contributed by atoms with Crippen LogP contribution < -0.4 is 0 Å². The fourth-order valence-electron chi connectivity index (χ4n) is 2.53. The first kappa shape index (κ1) is 23.9. The van der Waals surface area contributed by atoms with Gasteiger partial charge in [-0.05, 0) is 47.0 Å². The van der Waals surface area contributed by atoms with E-state index in [9.17, 15) is 0 Å². The predicted octanol–water partition coefficient (Wildman–Crippen LogP) is 3.14. The van der Waals surface area contributed by atoms with Crippen LogP contribution in [0.5, 0.6) is 0 Å². The molecule has 0 aliphatic carbocycles. The molecular weight excluding hydrogens is 316 g/mol. The Kier molecular flexibility index (Phi) is 13.1. The van der Waals surface area contributed by atoms with E-state index in [2.05, 4.69) is 75.8 Å². The molecule has 0 aromatic heterocycles. The SMILES string of the molecule is CCN(CC)CCN(CCN=C(C)C(C)(C)S)CCN(CC)CC. The van der Waals surface area contributed by atoms with Crippen LogP contribution in [0.3, 0.4) is 0 Å². The quantitative estimate of drug-likeness (QED) is 0.381. The van der Waals surface area contributed by atoms with Crippen molar-refractivity contribution in [2.24, 2.45) is 4.99 Å². The Hall–Kier alpha value is -0.100. The van der Waals surface area contributed by atoms with E-state index in [-0.39, 0.29) is 4.75 Å². The molecule has 0 aliphatic heterocycles. The summed E-state index contributed by atoms with van der Waals surface area (Å²) in [5.74, 6) is 0. The van der Waals surface area contributed by atoms with Gasteiger partial charge in [-0.1, -0.05) is 27.7 Å². The van der Waals surface area contributed by atoms with Crippen LogP contribution in [-0.4, -0.2) is 90.6 Å². The number of nitrogens with zero attached hydrogens (tertiary/aromatic N) is 4. The van der Waals surface area contributed by atoms with Crippen LogP contribution in [-0.2, 0) is 0 Å². The molecule has 0 unspecified atom stereocenters. The van der Waals surface area contributed by atoms with Crippen molar-refractivity contribution in [2.45, 2.75) is 53.2 Å². The van der Waals surface area contributed by atoms with Crippen molar-refractivity contribution < 1.29 is 0 Å². The zero-order valence-corrected chi connectivity index (χ0v) is 18.2. The summed E-state index contributed by atoms with van der Waals surface area (Å²) in [6, 6.07) is 0. The zero-order valence-electron chi connectivity index (χ0n) is 17.3. The molecule has 0 aliphatic rings. The molecule has 0 spiro atoms. The summed E-state index contributed by atoms with van der Waals surface area (Å²) in [6.07, 6.45) is 0. The Morgan fingerprint density at radius 3 is 1.46 bits per heavy atom. The third-order valence-corrected chi connectivity index (χ3v) is 5.23. The van der Waals surface area contributed by atoms with Gasteiger partial charge in [-0.15, -0.1) is 0 Å². The van der Waals surface area contributed by atoms with Gasteiger partial charge in [0.15, 0.2) is 0 Å².